The summed E-state index contributed by atoms with van der Waals surface area (Å²) in [5.74, 6) is 1.10. The van der Waals surface area contributed by atoms with Crippen molar-refractivity contribution in [2.24, 2.45) is 5.92 Å². The number of aromatic nitrogens is 3. The molecule has 4 rings (SSSR count). The number of hydrogen-bond acceptors (Lipinski definition) is 4. The lowest BCUT2D eigenvalue weighted by molar-refractivity contribution is -0.130. The van der Waals surface area contributed by atoms with Crippen LogP contribution in [-0.2, 0) is 11.3 Å². The fourth-order valence-corrected chi connectivity index (χ4v) is 4.62. The van der Waals surface area contributed by atoms with Crippen LogP contribution in [0.1, 0.15) is 25.3 Å². The Morgan fingerprint density at radius 2 is 1.90 bits per heavy atom. The summed E-state index contributed by atoms with van der Waals surface area (Å²) in [5.41, 5.74) is 1.47. The third kappa shape index (κ3) is 4.73. The van der Waals surface area contributed by atoms with E-state index in [1.165, 1.54) is 24.2 Å². The Morgan fingerprint density at radius 3 is 2.67 bits per heavy atom. The molecule has 30 heavy (non-hydrogen) atoms. The van der Waals surface area contributed by atoms with E-state index >= 15 is 0 Å². The van der Waals surface area contributed by atoms with Crippen molar-refractivity contribution < 1.29 is 9.18 Å². The Bertz CT molecular complexity index is 1010. The number of likely N-dealkylation sites (tertiary alicyclic amines) is 1. The maximum absolute atomic E-state index is 14.4. The number of amides is 1. The molecule has 2 aromatic carbocycles. The van der Waals surface area contributed by atoms with Gasteiger partial charge in [-0.05, 0) is 36.5 Å². The number of halogens is 1. The molecule has 0 radical (unpaired) electrons. The molecule has 156 valence electrons. The van der Waals surface area contributed by atoms with Crippen molar-refractivity contribution in [2.75, 3.05) is 18.8 Å². The van der Waals surface area contributed by atoms with Gasteiger partial charge in [-0.25, -0.2) is 4.39 Å². The molecule has 1 aliphatic heterocycles. The third-order valence-corrected chi connectivity index (χ3v) is 6.30. The zero-order valence-electron chi connectivity index (χ0n) is 17.0. The van der Waals surface area contributed by atoms with E-state index in [0.717, 1.165) is 25.1 Å². The molecule has 1 fully saturated rings. The second kappa shape index (κ2) is 9.43. The first kappa shape index (κ1) is 20.6. The summed E-state index contributed by atoms with van der Waals surface area (Å²) in [6.07, 6.45) is 2.23. The molecule has 2 heterocycles. The van der Waals surface area contributed by atoms with Crippen LogP contribution in [0, 0.1) is 11.7 Å². The highest BCUT2D eigenvalue weighted by atomic mass is 32.2. The zero-order chi connectivity index (χ0) is 20.9. The van der Waals surface area contributed by atoms with Gasteiger partial charge in [0.2, 0.25) is 5.91 Å². The molecular weight excluding hydrogens is 399 g/mol. The first-order valence-corrected chi connectivity index (χ1v) is 11.2. The highest BCUT2D eigenvalue weighted by Gasteiger charge is 2.23. The van der Waals surface area contributed by atoms with Crippen molar-refractivity contribution in [3.8, 4) is 11.4 Å². The second-order valence-electron chi connectivity index (χ2n) is 7.73. The minimum Gasteiger partial charge on any atom is -0.342 e. The van der Waals surface area contributed by atoms with Crippen LogP contribution in [0.15, 0.2) is 59.8 Å². The van der Waals surface area contributed by atoms with E-state index in [9.17, 15) is 9.18 Å². The Labute approximate surface area is 180 Å². The van der Waals surface area contributed by atoms with Crippen LogP contribution in [-0.4, -0.2) is 44.4 Å². The summed E-state index contributed by atoms with van der Waals surface area (Å²) in [6.45, 7) is 4.33. The van der Waals surface area contributed by atoms with Gasteiger partial charge in [0.15, 0.2) is 11.0 Å². The summed E-state index contributed by atoms with van der Waals surface area (Å²) in [5, 5.41) is 9.19. The van der Waals surface area contributed by atoms with Gasteiger partial charge in [0.05, 0.1) is 17.9 Å². The van der Waals surface area contributed by atoms with E-state index in [1.54, 1.807) is 18.2 Å². The minimum atomic E-state index is -0.339. The summed E-state index contributed by atoms with van der Waals surface area (Å²) >= 11 is 1.37. The van der Waals surface area contributed by atoms with E-state index in [1.807, 2.05) is 39.8 Å². The van der Waals surface area contributed by atoms with Gasteiger partial charge in [-0.15, -0.1) is 10.2 Å². The average Bonchev–Trinajstić information content (AvgIpc) is 3.15. The molecule has 1 aliphatic rings. The van der Waals surface area contributed by atoms with Crippen molar-refractivity contribution in [1.82, 2.24) is 19.7 Å². The Hall–Kier alpha value is -2.67. The normalized spacial score (nSPS) is 16.6. The van der Waals surface area contributed by atoms with E-state index in [4.69, 9.17) is 0 Å². The molecular formula is C23H25FN4OS. The second-order valence-corrected chi connectivity index (χ2v) is 8.68. The molecule has 7 heteroatoms. The Morgan fingerprint density at radius 1 is 1.13 bits per heavy atom. The first-order valence-electron chi connectivity index (χ1n) is 10.2. The maximum Gasteiger partial charge on any atom is 0.233 e. The standard InChI is InChI=1S/C23H25FN4OS/c1-17-8-7-13-27(14-17)21(29)16-30-23-26-25-22(19-11-5-6-12-20(19)24)28(23)15-18-9-3-2-4-10-18/h2-6,9-12,17H,7-8,13-16H2,1H3. The van der Waals surface area contributed by atoms with Gasteiger partial charge < -0.3 is 4.90 Å². The van der Waals surface area contributed by atoms with Crippen LogP contribution in [0.3, 0.4) is 0 Å². The summed E-state index contributed by atoms with van der Waals surface area (Å²) in [6, 6.07) is 16.5. The van der Waals surface area contributed by atoms with Gasteiger partial charge in [0.25, 0.3) is 0 Å². The number of carbonyl (C=O) groups is 1. The highest BCUT2D eigenvalue weighted by molar-refractivity contribution is 7.99. The van der Waals surface area contributed by atoms with Crippen LogP contribution in [0.4, 0.5) is 4.39 Å². The number of thioether (sulfide) groups is 1. The molecule has 1 atom stereocenters. The van der Waals surface area contributed by atoms with Gasteiger partial charge >= 0.3 is 0 Å². The van der Waals surface area contributed by atoms with Crippen molar-refractivity contribution in [3.05, 3.63) is 66.0 Å². The molecule has 0 N–H and O–H groups in total. The predicted octanol–water partition coefficient (Wildman–Crippen LogP) is 4.48. The SMILES string of the molecule is CC1CCCN(C(=O)CSc2nnc(-c3ccccc3F)n2Cc2ccccc2)C1. The maximum atomic E-state index is 14.4. The molecule has 1 saturated heterocycles. The van der Waals surface area contributed by atoms with E-state index < -0.39 is 0 Å². The number of piperidine rings is 1. The number of benzene rings is 2. The van der Waals surface area contributed by atoms with Crippen LogP contribution >= 0.6 is 11.8 Å². The van der Waals surface area contributed by atoms with Gasteiger partial charge in [-0.3, -0.25) is 9.36 Å². The Balaban J connectivity index is 1.58. The fourth-order valence-electron chi connectivity index (χ4n) is 3.78. The van der Waals surface area contributed by atoms with Crippen LogP contribution in [0.25, 0.3) is 11.4 Å². The largest absolute Gasteiger partial charge is 0.342 e. The lowest BCUT2D eigenvalue weighted by Crippen LogP contribution is -2.40. The fraction of sp³-hybridized carbons (Fsp3) is 0.348. The van der Waals surface area contributed by atoms with E-state index in [0.29, 0.717) is 34.8 Å². The van der Waals surface area contributed by atoms with Crippen molar-refractivity contribution in [2.45, 2.75) is 31.5 Å². The molecule has 3 aromatic rings. The minimum absolute atomic E-state index is 0.119. The third-order valence-electron chi connectivity index (χ3n) is 5.35. The van der Waals surface area contributed by atoms with Crippen molar-refractivity contribution >= 4 is 17.7 Å². The van der Waals surface area contributed by atoms with Crippen LogP contribution < -0.4 is 0 Å². The number of rotatable bonds is 6. The number of carbonyl (C=O) groups excluding carboxylic acids is 1. The van der Waals surface area contributed by atoms with Crippen molar-refractivity contribution in [3.63, 3.8) is 0 Å². The molecule has 0 saturated carbocycles. The van der Waals surface area contributed by atoms with Crippen LogP contribution in [0.5, 0.6) is 0 Å². The first-order chi connectivity index (χ1) is 14.6. The summed E-state index contributed by atoms with van der Waals surface area (Å²) in [4.78, 5) is 14.6. The molecule has 5 nitrogen and oxygen atoms in total. The molecule has 1 unspecified atom stereocenters. The molecule has 1 aromatic heterocycles. The van der Waals surface area contributed by atoms with Gasteiger partial charge in [0, 0.05) is 13.1 Å². The van der Waals surface area contributed by atoms with E-state index in [-0.39, 0.29) is 11.7 Å². The van der Waals surface area contributed by atoms with Crippen LogP contribution in [0.2, 0.25) is 0 Å². The van der Waals surface area contributed by atoms with Gasteiger partial charge in [0.1, 0.15) is 5.82 Å². The zero-order valence-corrected chi connectivity index (χ0v) is 17.8. The number of hydrogen-bond donors (Lipinski definition) is 0. The lowest BCUT2D eigenvalue weighted by Gasteiger charge is -2.30. The molecule has 0 aliphatic carbocycles. The average molecular weight is 425 g/mol. The molecule has 0 bridgehead atoms. The summed E-state index contributed by atoms with van der Waals surface area (Å²) in [7, 11) is 0. The number of nitrogens with zero attached hydrogens (tertiary/aromatic N) is 4. The monoisotopic (exact) mass is 424 g/mol. The smallest absolute Gasteiger partial charge is 0.233 e. The van der Waals surface area contributed by atoms with Crippen molar-refractivity contribution in [1.29, 1.82) is 0 Å². The Kier molecular flexibility index (Phi) is 6.47. The highest BCUT2D eigenvalue weighted by Crippen LogP contribution is 2.27. The van der Waals surface area contributed by atoms with Gasteiger partial charge in [-0.1, -0.05) is 61.2 Å². The quantitative estimate of drug-likeness (QED) is 0.548. The van der Waals surface area contributed by atoms with Gasteiger partial charge in [-0.2, -0.15) is 0 Å². The topological polar surface area (TPSA) is 51.0 Å². The predicted molar refractivity (Wildman–Crippen MR) is 117 cm³/mol. The lowest BCUT2D eigenvalue weighted by atomic mass is 10.0. The molecule has 0 spiro atoms. The van der Waals surface area contributed by atoms with E-state index in [2.05, 4.69) is 17.1 Å². The summed E-state index contributed by atoms with van der Waals surface area (Å²) < 4.78 is 16.3. The molecule has 1 amide bonds.